The maximum absolute atomic E-state index is 5.63. The van der Waals surface area contributed by atoms with Gasteiger partial charge in [-0.2, -0.15) is 0 Å². The number of nitrogens with two attached hydrogens (primary N) is 1. The van der Waals surface area contributed by atoms with Crippen LogP contribution in [0.2, 0.25) is 0 Å². The van der Waals surface area contributed by atoms with Gasteiger partial charge in [0.2, 0.25) is 0 Å². The van der Waals surface area contributed by atoms with Crippen molar-refractivity contribution >= 4 is 11.0 Å². The number of imidazole rings is 1. The summed E-state index contributed by atoms with van der Waals surface area (Å²) in [5.41, 5.74) is 7.98. The molecule has 1 aliphatic rings. The van der Waals surface area contributed by atoms with E-state index < -0.39 is 0 Å². The van der Waals surface area contributed by atoms with Gasteiger partial charge in [-0.05, 0) is 31.5 Å². The van der Waals surface area contributed by atoms with Crippen LogP contribution in [0.4, 0.5) is 0 Å². The predicted molar refractivity (Wildman–Crippen MR) is 86.2 cm³/mol. The smallest absolute Gasteiger partial charge is 0.124 e. The Balaban J connectivity index is 1.82. The fourth-order valence-corrected chi connectivity index (χ4v) is 2.98. The van der Waals surface area contributed by atoms with Gasteiger partial charge in [0.15, 0.2) is 0 Å². The van der Waals surface area contributed by atoms with E-state index in [1.165, 1.54) is 11.3 Å². The fraction of sp³-hybridized carbons (Fsp3) is 0.562. The molecule has 2 aromatic rings. The second-order valence-electron chi connectivity index (χ2n) is 5.69. The first-order valence-electron chi connectivity index (χ1n) is 7.96. The lowest BCUT2D eigenvalue weighted by Gasteiger charge is -2.27. The maximum Gasteiger partial charge on any atom is 0.124 e. The number of aryl methyl sites for hydroxylation is 1. The minimum Gasteiger partial charge on any atom is -0.330 e. The molecule has 5 nitrogen and oxygen atoms in total. The molecule has 3 rings (SSSR count). The van der Waals surface area contributed by atoms with Crippen LogP contribution in [0.15, 0.2) is 24.3 Å². The molecule has 114 valence electrons. The Bertz CT molecular complexity index is 571. The minimum atomic E-state index is 0.764. The van der Waals surface area contributed by atoms with Crippen molar-refractivity contribution in [1.82, 2.24) is 19.8 Å². The Morgan fingerprint density at radius 3 is 2.76 bits per heavy atom. The monoisotopic (exact) mass is 287 g/mol. The lowest BCUT2D eigenvalue weighted by Crippen LogP contribution is -2.43. The van der Waals surface area contributed by atoms with Crippen LogP contribution < -0.4 is 11.1 Å². The number of piperazine rings is 1. The summed E-state index contributed by atoms with van der Waals surface area (Å²) < 4.78 is 2.38. The van der Waals surface area contributed by atoms with Crippen LogP contribution >= 0.6 is 0 Å². The number of nitrogens with zero attached hydrogens (tertiary/aromatic N) is 3. The lowest BCUT2D eigenvalue weighted by atomic mass is 10.3. The van der Waals surface area contributed by atoms with Gasteiger partial charge in [-0.3, -0.25) is 4.90 Å². The van der Waals surface area contributed by atoms with E-state index in [9.17, 15) is 0 Å². The van der Waals surface area contributed by atoms with Crippen LogP contribution in [0.25, 0.3) is 11.0 Å². The molecule has 2 heterocycles. The molecule has 0 spiro atoms. The van der Waals surface area contributed by atoms with E-state index in [2.05, 4.69) is 39.0 Å². The van der Waals surface area contributed by atoms with E-state index in [-0.39, 0.29) is 0 Å². The third-order valence-electron chi connectivity index (χ3n) is 4.14. The fourth-order valence-electron chi connectivity index (χ4n) is 2.98. The molecule has 1 aromatic heterocycles. The van der Waals surface area contributed by atoms with E-state index in [0.717, 1.165) is 64.2 Å². The summed E-state index contributed by atoms with van der Waals surface area (Å²) in [4.78, 5) is 7.34. The summed E-state index contributed by atoms with van der Waals surface area (Å²) in [5.74, 6) is 1.19. The average molecular weight is 287 g/mol. The van der Waals surface area contributed by atoms with Gasteiger partial charge in [0.05, 0.1) is 17.6 Å². The highest BCUT2D eigenvalue weighted by atomic mass is 15.2. The third-order valence-corrected chi connectivity index (χ3v) is 4.14. The Labute approximate surface area is 126 Å². The Morgan fingerprint density at radius 1 is 1.14 bits per heavy atom. The zero-order chi connectivity index (χ0) is 14.5. The summed E-state index contributed by atoms with van der Waals surface area (Å²) in [6, 6.07) is 8.44. The number of nitrogens with one attached hydrogen (secondary N) is 1. The number of rotatable bonds is 6. The van der Waals surface area contributed by atoms with Gasteiger partial charge in [-0.15, -0.1) is 0 Å². The molecule has 0 amide bonds. The summed E-state index contributed by atoms with van der Waals surface area (Å²) in [6.07, 6.45) is 2.19. The van der Waals surface area contributed by atoms with Crippen molar-refractivity contribution in [1.29, 1.82) is 0 Å². The van der Waals surface area contributed by atoms with Gasteiger partial charge in [0.1, 0.15) is 5.82 Å². The third kappa shape index (κ3) is 3.43. The number of hydrogen-bond donors (Lipinski definition) is 2. The molecule has 5 heteroatoms. The zero-order valence-corrected chi connectivity index (χ0v) is 12.6. The van der Waals surface area contributed by atoms with Crippen LogP contribution in [0.3, 0.4) is 0 Å². The summed E-state index contributed by atoms with van der Waals surface area (Å²) in [6.45, 7) is 7.08. The van der Waals surface area contributed by atoms with E-state index in [1.54, 1.807) is 0 Å². The van der Waals surface area contributed by atoms with Crippen LogP contribution in [0.5, 0.6) is 0 Å². The van der Waals surface area contributed by atoms with Crippen molar-refractivity contribution in [2.75, 3.05) is 32.7 Å². The van der Waals surface area contributed by atoms with Crippen LogP contribution in [-0.4, -0.2) is 47.2 Å². The van der Waals surface area contributed by atoms with Crippen molar-refractivity contribution in [3.05, 3.63) is 30.1 Å². The highest BCUT2D eigenvalue weighted by Gasteiger charge is 2.15. The maximum atomic E-state index is 5.63. The van der Waals surface area contributed by atoms with Crippen molar-refractivity contribution in [3.63, 3.8) is 0 Å². The molecule has 0 atom stereocenters. The number of benzene rings is 1. The van der Waals surface area contributed by atoms with Gasteiger partial charge < -0.3 is 15.6 Å². The highest BCUT2D eigenvalue weighted by Crippen LogP contribution is 2.18. The molecule has 0 unspecified atom stereocenters. The van der Waals surface area contributed by atoms with Crippen LogP contribution in [-0.2, 0) is 13.1 Å². The second-order valence-corrected chi connectivity index (χ2v) is 5.69. The Morgan fingerprint density at radius 2 is 1.95 bits per heavy atom. The lowest BCUT2D eigenvalue weighted by molar-refractivity contribution is 0.225. The van der Waals surface area contributed by atoms with Gasteiger partial charge in [-0.25, -0.2) is 4.98 Å². The van der Waals surface area contributed by atoms with E-state index in [1.807, 2.05) is 0 Å². The molecule has 1 fully saturated rings. The molecular formula is C16H25N5. The van der Waals surface area contributed by atoms with Crippen molar-refractivity contribution in [3.8, 4) is 0 Å². The molecule has 0 aliphatic carbocycles. The molecule has 0 bridgehead atoms. The topological polar surface area (TPSA) is 59.1 Å². The van der Waals surface area contributed by atoms with Gasteiger partial charge in [0.25, 0.3) is 0 Å². The zero-order valence-electron chi connectivity index (χ0n) is 12.6. The van der Waals surface area contributed by atoms with Crippen LogP contribution in [0, 0.1) is 0 Å². The SMILES string of the molecule is NCCCCn1c(CN2CCNCC2)nc2ccccc21. The van der Waals surface area contributed by atoms with E-state index in [4.69, 9.17) is 10.7 Å². The second kappa shape index (κ2) is 7.02. The van der Waals surface area contributed by atoms with Crippen molar-refractivity contribution < 1.29 is 0 Å². The first kappa shape index (κ1) is 14.5. The molecule has 1 saturated heterocycles. The van der Waals surface area contributed by atoms with E-state index in [0.29, 0.717) is 0 Å². The standard InChI is InChI=1S/C16H25N5/c17-7-3-4-10-21-15-6-2-1-5-14(15)19-16(21)13-20-11-8-18-9-12-20/h1-2,5-6,18H,3-4,7-13,17H2. The number of para-hydroxylation sites is 2. The minimum absolute atomic E-state index is 0.764. The van der Waals surface area contributed by atoms with E-state index >= 15 is 0 Å². The molecule has 3 N–H and O–H groups in total. The number of fused-ring (bicyclic) bond motifs is 1. The first-order chi connectivity index (χ1) is 10.4. The van der Waals surface area contributed by atoms with Crippen molar-refractivity contribution in [2.24, 2.45) is 5.73 Å². The highest BCUT2D eigenvalue weighted by molar-refractivity contribution is 5.75. The van der Waals surface area contributed by atoms with Gasteiger partial charge in [-0.1, -0.05) is 12.1 Å². The van der Waals surface area contributed by atoms with Crippen LogP contribution in [0.1, 0.15) is 18.7 Å². The normalized spacial score (nSPS) is 16.6. The molecular weight excluding hydrogens is 262 g/mol. The summed E-state index contributed by atoms with van der Waals surface area (Å²) in [7, 11) is 0. The van der Waals surface area contributed by atoms with Gasteiger partial charge in [0, 0.05) is 32.7 Å². The Hall–Kier alpha value is -1.43. The molecule has 1 aliphatic heterocycles. The predicted octanol–water partition coefficient (Wildman–Crippen LogP) is 1.18. The van der Waals surface area contributed by atoms with Gasteiger partial charge >= 0.3 is 0 Å². The average Bonchev–Trinajstić information content (AvgIpc) is 2.86. The number of hydrogen-bond acceptors (Lipinski definition) is 4. The Kier molecular flexibility index (Phi) is 4.85. The quantitative estimate of drug-likeness (QED) is 0.783. The summed E-state index contributed by atoms with van der Waals surface area (Å²) >= 11 is 0. The molecule has 21 heavy (non-hydrogen) atoms. The molecule has 1 aromatic carbocycles. The van der Waals surface area contributed by atoms with Crippen molar-refractivity contribution in [2.45, 2.75) is 25.9 Å². The number of aromatic nitrogens is 2. The first-order valence-corrected chi connectivity index (χ1v) is 7.96. The molecule has 0 radical (unpaired) electrons. The summed E-state index contributed by atoms with van der Waals surface area (Å²) in [5, 5.41) is 3.40. The molecule has 0 saturated carbocycles. The number of unbranched alkanes of at least 4 members (excludes halogenated alkanes) is 1. The largest absolute Gasteiger partial charge is 0.330 e.